The van der Waals surface area contributed by atoms with Gasteiger partial charge in [-0.3, -0.25) is 0 Å². The Labute approximate surface area is 103 Å². The number of nitrogens with two attached hydrogens (primary N) is 1. The standard InChI is InChI=1S/C12H22N4O/c1-7(2)9-14-10(16-12(3,4)5)8(13)11(15-9)17-6/h7H,13H2,1-6H3,(H,14,15,16). The summed E-state index contributed by atoms with van der Waals surface area (Å²) in [6, 6.07) is 0. The second-order valence-electron chi connectivity index (χ2n) is 5.38. The third kappa shape index (κ3) is 3.47. The lowest BCUT2D eigenvalue weighted by Gasteiger charge is -2.23. The molecular weight excluding hydrogens is 216 g/mol. The number of rotatable bonds is 3. The van der Waals surface area contributed by atoms with Crippen molar-refractivity contribution in [3.63, 3.8) is 0 Å². The fraction of sp³-hybridized carbons (Fsp3) is 0.667. The topological polar surface area (TPSA) is 73.1 Å². The van der Waals surface area contributed by atoms with Crippen LogP contribution in [0.1, 0.15) is 46.4 Å². The number of aromatic nitrogens is 2. The van der Waals surface area contributed by atoms with Crippen LogP contribution < -0.4 is 15.8 Å². The van der Waals surface area contributed by atoms with Crippen LogP contribution in [-0.2, 0) is 0 Å². The number of nitrogen functional groups attached to an aromatic ring is 1. The Balaban J connectivity index is 3.23. The molecule has 17 heavy (non-hydrogen) atoms. The molecule has 1 rings (SSSR count). The fourth-order valence-corrected chi connectivity index (χ4v) is 1.33. The monoisotopic (exact) mass is 238 g/mol. The predicted molar refractivity (Wildman–Crippen MR) is 70.5 cm³/mol. The number of nitrogens with one attached hydrogen (secondary N) is 1. The van der Waals surface area contributed by atoms with E-state index in [1.54, 1.807) is 7.11 Å². The molecule has 96 valence electrons. The molecule has 0 aromatic carbocycles. The molecule has 1 heterocycles. The van der Waals surface area contributed by atoms with Crippen molar-refractivity contribution in [1.82, 2.24) is 9.97 Å². The number of hydrogen-bond acceptors (Lipinski definition) is 5. The maximum atomic E-state index is 5.96. The van der Waals surface area contributed by atoms with Crippen LogP contribution in [0.2, 0.25) is 0 Å². The SMILES string of the molecule is COc1nc(C(C)C)nc(NC(C)(C)C)c1N. The number of methoxy groups -OCH3 is 1. The summed E-state index contributed by atoms with van der Waals surface area (Å²) >= 11 is 0. The van der Waals surface area contributed by atoms with Crippen molar-refractivity contribution in [3.8, 4) is 5.88 Å². The lowest BCUT2D eigenvalue weighted by molar-refractivity contribution is 0.396. The van der Waals surface area contributed by atoms with Crippen molar-refractivity contribution in [3.05, 3.63) is 5.82 Å². The van der Waals surface area contributed by atoms with Crippen molar-refractivity contribution in [2.24, 2.45) is 0 Å². The Kier molecular flexibility index (Phi) is 3.80. The number of anilines is 2. The van der Waals surface area contributed by atoms with Crippen LogP contribution in [0.25, 0.3) is 0 Å². The van der Waals surface area contributed by atoms with Gasteiger partial charge in [-0.1, -0.05) is 13.8 Å². The zero-order chi connectivity index (χ0) is 13.2. The van der Waals surface area contributed by atoms with E-state index in [9.17, 15) is 0 Å². The average molecular weight is 238 g/mol. The molecular formula is C12H22N4O. The van der Waals surface area contributed by atoms with Crippen LogP contribution >= 0.6 is 0 Å². The Morgan fingerprint density at radius 1 is 1.24 bits per heavy atom. The smallest absolute Gasteiger partial charge is 0.242 e. The highest BCUT2D eigenvalue weighted by molar-refractivity contribution is 5.67. The normalized spacial score (nSPS) is 11.7. The molecule has 1 aromatic heterocycles. The van der Waals surface area contributed by atoms with Gasteiger partial charge in [0.1, 0.15) is 11.5 Å². The van der Waals surface area contributed by atoms with Gasteiger partial charge in [0.2, 0.25) is 5.88 Å². The molecule has 0 aliphatic rings. The maximum absolute atomic E-state index is 5.96. The third-order valence-electron chi connectivity index (χ3n) is 2.13. The highest BCUT2D eigenvalue weighted by Gasteiger charge is 2.18. The second kappa shape index (κ2) is 4.77. The second-order valence-corrected chi connectivity index (χ2v) is 5.38. The minimum absolute atomic E-state index is 0.109. The van der Waals surface area contributed by atoms with E-state index in [2.05, 4.69) is 36.1 Å². The first kappa shape index (κ1) is 13.5. The van der Waals surface area contributed by atoms with Crippen LogP contribution in [0.3, 0.4) is 0 Å². The summed E-state index contributed by atoms with van der Waals surface area (Å²) in [6.45, 7) is 10.2. The first-order valence-corrected chi connectivity index (χ1v) is 5.74. The number of nitrogens with zero attached hydrogens (tertiary/aromatic N) is 2. The average Bonchev–Trinajstić information content (AvgIpc) is 2.18. The first-order chi connectivity index (χ1) is 7.74. The zero-order valence-corrected chi connectivity index (χ0v) is 11.5. The van der Waals surface area contributed by atoms with Crippen molar-refractivity contribution in [1.29, 1.82) is 0 Å². The van der Waals surface area contributed by atoms with E-state index >= 15 is 0 Å². The fourth-order valence-electron chi connectivity index (χ4n) is 1.33. The van der Waals surface area contributed by atoms with Gasteiger partial charge in [-0.05, 0) is 20.8 Å². The minimum atomic E-state index is -0.109. The third-order valence-corrected chi connectivity index (χ3v) is 2.13. The summed E-state index contributed by atoms with van der Waals surface area (Å²) in [6.07, 6.45) is 0. The van der Waals surface area contributed by atoms with E-state index in [-0.39, 0.29) is 11.5 Å². The quantitative estimate of drug-likeness (QED) is 0.846. The first-order valence-electron chi connectivity index (χ1n) is 5.74. The van der Waals surface area contributed by atoms with E-state index in [4.69, 9.17) is 10.5 Å². The molecule has 0 aliphatic heterocycles. The summed E-state index contributed by atoms with van der Waals surface area (Å²) in [5.74, 6) is 2.01. The molecule has 5 heteroatoms. The molecule has 3 N–H and O–H groups in total. The Bertz CT molecular complexity index is 396. The van der Waals surface area contributed by atoms with Crippen LogP contribution in [0.5, 0.6) is 5.88 Å². The lowest BCUT2D eigenvalue weighted by Crippen LogP contribution is -2.28. The van der Waals surface area contributed by atoms with Gasteiger partial charge < -0.3 is 15.8 Å². The van der Waals surface area contributed by atoms with Gasteiger partial charge in [-0.25, -0.2) is 4.98 Å². The predicted octanol–water partition coefficient (Wildman–Crippen LogP) is 2.40. The molecule has 0 radical (unpaired) electrons. The molecule has 0 aliphatic carbocycles. The molecule has 0 unspecified atom stereocenters. The highest BCUT2D eigenvalue weighted by Crippen LogP contribution is 2.29. The van der Waals surface area contributed by atoms with Crippen LogP contribution in [0.15, 0.2) is 0 Å². The molecule has 5 nitrogen and oxygen atoms in total. The van der Waals surface area contributed by atoms with Crippen LogP contribution in [0, 0.1) is 0 Å². The van der Waals surface area contributed by atoms with Crippen molar-refractivity contribution >= 4 is 11.5 Å². The van der Waals surface area contributed by atoms with E-state index in [1.807, 2.05) is 13.8 Å². The van der Waals surface area contributed by atoms with E-state index in [1.165, 1.54) is 0 Å². The van der Waals surface area contributed by atoms with Gasteiger partial charge in [-0.2, -0.15) is 4.98 Å². The van der Waals surface area contributed by atoms with Crippen molar-refractivity contribution in [2.45, 2.75) is 46.1 Å². The number of hydrogen-bond donors (Lipinski definition) is 2. The summed E-state index contributed by atoms with van der Waals surface area (Å²) in [5, 5.41) is 3.26. The van der Waals surface area contributed by atoms with Crippen molar-refractivity contribution < 1.29 is 4.74 Å². The summed E-state index contributed by atoms with van der Waals surface area (Å²) < 4.78 is 5.17. The Hall–Kier alpha value is -1.52. The maximum Gasteiger partial charge on any atom is 0.242 e. The van der Waals surface area contributed by atoms with Crippen LogP contribution in [0.4, 0.5) is 11.5 Å². The van der Waals surface area contributed by atoms with Gasteiger partial charge >= 0.3 is 0 Å². The van der Waals surface area contributed by atoms with E-state index in [0.717, 1.165) is 5.82 Å². The molecule has 0 bridgehead atoms. The number of ether oxygens (including phenoxy) is 1. The largest absolute Gasteiger partial charge is 0.479 e. The molecule has 1 aromatic rings. The molecule has 0 atom stereocenters. The molecule has 0 saturated heterocycles. The molecule has 0 saturated carbocycles. The van der Waals surface area contributed by atoms with Gasteiger partial charge in [0.15, 0.2) is 5.82 Å². The molecule has 0 amide bonds. The Morgan fingerprint density at radius 2 is 1.82 bits per heavy atom. The van der Waals surface area contributed by atoms with E-state index in [0.29, 0.717) is 17.4 Å². The van der Waals surface area contributed by atoms with Crippen LogP contribution in [-0.4, -0.2) is 22.6 Å². The molecule has 0 fully saturated rings. The molecule has 0 spiro atoms. The highest BCUT2D eigenvalue weighted by atomic mass is 16.5. The summed E-state index contributed by atoms with van der Waals surface area (Å²) in [5.41, 5.74) is 6.30. The lowest BCUT2D eigenvalue weighted by atomic mass is 10.1. The summed E-state index contributed by atoms with van der Waals surface area (Å²) in [7, 11) is 1.56. The van der Waals surface area contributed by atoms with Crippen molar-refractivity contribution in [2.75, 3.05) is 18.2 Å². The van der Waals surface area contributed by atoms with Gasteiger partial charge in [0.25, 0.3) is 0 Å². The zero-order valence-electron chi connectivity index (χ0n) is 11.5. The summed E-state index contributed by atoms with van der Waals surface area (Å²) in [4.78, 5) is 8.72. The van der Waals surface area contributed by atoms with Gasteiger partial charge in [0.05, 0.1) is 7.11 Å². The van der Waals surface area contributed by atoms with Gasteiger partial charge in [0, 0.05) is 11.5 Å². The van der Waals surface area contributed by atoms with Gasteiger partial charge in [-0.15, -0.1) is 0 Å². The minimum Gasteiger partial charge on any atom is -0.479 e. The van der Waals surface area contributed by atoms with E-state index < -0.39 is 0 Å². The Morgan fingerprint density at radius 3 is 2.24 bits per heavy atom.